The van der Waals surface area contributed by atoms with Gasteiger partial charge in [-0.15, -0.1) is 0 Å². The summed E-state index contributed by atoms with van der Waals surface area (Å²) < 4.78 is 26.6. The van der Waals surface area contributed by atoms with Crippen LogP contribution in [0, 0.1) is 13.8 Å². The van der Waals surface area contributed by atoms with E-state index >= 15 is 0 Å². The molecule has 2 aromatic rings. The van der Waals surface area contributed by atoms with Crippen molar-refractivity contribution in [2.24, 2.45) is 0 Å². The van der Waals surface area contributed by atoms with Crippen LogP contribution >= 0.6 is 11.6 Å². The van der Waals surface area contributed by atoms with Crippen molar-refractivity contribution in [3.8, 4) is 0 Å². The summed E-state index contributed by atoms with van der Waals surface area (Å²) in [6.07, 6.45) is 6.94. The molecule has 0 aliphatic heterocycles. The number of hydrogen-bond donors (Lipinski definition) is 1. The summed E-state index contributed by atoms with van der Waals surface area (Å²) in [7, 11) is -3.54. The maximum absolute atomic E-state index is 13.5. The van der Waals surface area contributed by atoms with E-state index in [0.29, 0.717) is 17.1 Å². The van der Waals surface area contributed by atoms with Crippen molar-refractivity contribution < 1.29 is 18.0 Å². The van der Waals surface area contributed by atoms with Crippen LogP contribution in [0.3, 0.4) is 0 Å². The first kappa shape index (κ1) is 30.0. The number of sulfonamides is 1. The van der Waals surface area contributed by atoms with Crippen molar-refractivity contribution in [1.29, 1.82) is 0 Å². The minimum atomic E-state index is -3.54. The fraction of sp³-hybridized carbons (Fsp3) is 0.517. The van der Waals surface area contributed by atoms with Crippen LogP contribution in [0.5, 0.6) is 0 Å². The van der Waals surface area contributed by atoms with Crippen molar-refractivity contribution in [2.75, 3.05) is 17.1 Å². The van der Waals surface area contributed by atoms with Gasteiger partial charge in [-0.2, -0.15) is 0 Å². The van der Waals surface area contributed by atoms with Crippen LogP contribution in [0.1, 0.15) is 68.6 Å². The molecule has 1 N–H and O–H groups in total. The molecule has 1 fully saturated rings. The second-order valence-corrected chi connectivity index (χ2v) is 12.7. The van der Waals surface area contributed by atoms with Gasteiger partial charge < -0.3 is 10.2 Å². The Bertz CT molecular complexity index is 1210. The lowest BCUT2D eigenvalue weighted by Gasteiger charge is -2.31. The Morgan fingerprint density at radius 2 is 1.71 bits per heavy atom. The van der Waals surface area contributed by atoms with Crippen LogP contribution < -0.4 is 9.62 Å². The first-order chi connectivity index (χ1) is 18.0. The highest BCUT2D eigenvalue weighted by Gasteiger charge is 2.28. The molecule has 1 saturated carbocycles. The van der Waals surface area contributed by atoms with E-state index in [1.807, 2.05) is 44.2 Å². The third-order valence-electron chi connectivity index (χ3n) is 7.17. The molecule has 38 heavy (non-hydrogen) atoms. The molecule has 1 aliphatic rings. The molecule has 0 radical (unpaired) electrons. The summed E-state index contributed by atoms with van der Waals surface area (Å²) in [4.78, 5) is 28.2. The van der Waals surface area contributed by atoms with Crippen molar-refractivity contribution in [3.63, 3.8) is 0 Å². The quantitative estimate of drug-likeness (QED) is 0.399. The molecule has 2 aromatic carbocycles. The highest BCUT2D eigenvalue weighted by molar-refractivity contribution is 7.92. The Hall–Kier alpha value is -2.58. The maximum Gasteiger partial charge on any atom is 0.242 e. The van der Waals surface area contributed by atoms with Crippen LogP contribution in [0.15, 0.2) is 42.5 Å². The zero-order valence-corrected chi connectivity index (χ0v) is 24.4. The number of carbonyl (C=O) groups is 2. The number of nitrogens with zero attached hydrogens (tertiary/aromatic N) is 2. The Morgan fingerprint density at radius 1 is 1.05 bits per heavy atom. The first-order valence-electron chi connectivity index (χ1n) is 13.3. The van der Waals surface area contributed by atoms with Crippen molar-refractivity contribution in [1.82, 2.24) is 10.2 Å². The summed E-state index contributed by atoms with van der Waals surface area (Å²) in [6, 6.07) is 12.4. The summed E-state index contributed by atoms with van der Waals surface area (Å²) in [5, 5.41) is 3.73. The van der Waals surface area contributed by atoms with Gasteiger partial charge in [0, 0.05) is 30.6 Å². The minimum Gasteiger partial charge on any atom is -0.352 e. The summed E-state index contributed by atoms with van der Waals surface area (Å²) in [5.74, 6) is -0.354. The summed E-state index contributed by atoms with van der Waals surface area (Å²) >= 11 is 6.04. The number of carbonyl (C=O) groups excluding carboxylic acids is 2. The van der Waals surface area contributed by atoms with Crippen LogP contribution in [0.4, 0.5) is 5.69 Å². The van der Waals surface area contributed by atoms with Gasteiger partial charge in [0.2, 0.25) is 21.8 Å². The van der Waals surface area contributed by atoms with E-state index in [1.165, 1.54) is 17.0 Å². The van der Waals surface area contributed by atoms with E-state index in [0.717, 1.165) is 42.4 Å². The second-order valence-electron chi connectivity index (χ2n) is 10.4. The molecule has 1 aliphatic carbocycles. The Balaban J connectivity index is 1.73. The van der Waals surface area contributed by atoms with Gasteiger partial charge in [-0.3, -0.25) is 13.9 Å². The number of hydrogen-bond acceptors (Lipinski definition) is 4. The van der Waals surface area contributed by atoms with E-state index in [2.05, 4.69) is 5.32 Å². The maximum atomic E-state index is 13.5. The standard InChI is InChI=1S/C29H40ClN3O4S/c1-21-12-13-22(2)27(19-21)33(38(4,36)37)18-8-11-28(34)32(20-24-14-16-25(30)17-15-24)23(3)29(35)31-26-9-6-5-7-10-26/h12-17,19,23,26H,5-11,18,20H2,1-4H3,(H,31,35)/t23-/m0/s1. The van der Waals surface area contributed by atoms with Crippen LogP contribution in [-0.2, 0) is 26.2 Å². The van der Waals surface area contributed by atoms with E-state index in [4.69, 9.17) is 11.6 Å². The van der Waals surface area contributed by atoms with E-state index in [9.17, 15) is 18.0 Å². The highest BCUT2D eigenvalue weighted by Crippen LogP contribution is 2.25. The fourth-order valence-corrected chi connectivity index (χ4v) is 6.05. The second kappa shape index (κ2) is 13.5. The van der Waals surface area contributed by atoms with Gasteiger partial charge in [0.1, 0.15) is 6.04 Å². The van der Waals surface area contributed by atoms with E-state index in [-0.39, 0.29) is 37.4 Å². The zero-order chi connectivity index (χ0) is 27.9. The zero-order valence-electron chi connectivity index (χ0n) is 22.9. The molecule has 208 valence electrons. The normalized spacial score (nSPS) is 15.1. The number of aryl methyl sites for hydroxylation is 2. The number of anilines is 1. The monoisotopic (exact) mass is 561 g/mol. The van der Waals surface area contributed by atoms with Crippen molar-refractivity contribution in [2.45, 2.75) is 84.3 Å². The average Bonchev–Trinajstić information content (AvgIpc) is 2.87. The molecule has 0 bridgehead atoms. The minimum absolute atomic E-state index is 0.117. The topological polar surface area (TPSA) is 86.8 Å². The van der Waals surface area contributed by atoms with Gasteiger partial charge in [-0.1, -0.05) is 55.1 Å². The largest absolute Gasteiger partial charge is 0.352 e. The number of rotatable bonds is 11. The Kier molecular flexibility index (Phi) is 10.6. The number of benzene rings is 2. The molecule has 0 aromatic heterocycles. The van der Waals surface area contributed by atoms with Gasteiger partial charge >= 0.3 is 0 Å². The highest BCUT2D eigenvalue weighted by atomic mass is 35.5. The predicted octanol–water partition coefficient (Wildman–Crippen LogP) is 5.37. The van der Waals surface area contributed by atoms with Gasteiger partial charge in [-0.25, -0.2) is 8.42 Å². The first-order valence-corrected chi connectivity index (χ1v) is 15.6. The number of nitrogens with one attached hydrogen (secondary N) is 1. The average molecular weight is 562 g/mol. The third kappa shape index (κ3) is 8.46. The summed E-state index contributed by atoms with van der Waals surface area (Å²) in [5.41, 5.74) is 3.30. The number of halogens is 1. The molecule has 0 heterocycles. The molecule has 9 heteroatoms. The van der Waals surface area contributed by atoms with Gasteiger partial charge in [0.15, 0.2) is 0 Å². The Labute approximate surface area is 232 Å². The lowest BCUT2D eigenvalue weighted by molar-refractivity contribution is -0.141. The van der Waals surface area contributed by atoms with E-state index < -0.39 is 16.1 Å². The molecular weight excluding hydrogens is 522 g/mol. The molecule has 0 spiro atoms. The smallest absolute Gasteiger partial charge is 0.242 e. The lowest BCUT2D eigenvalue weighted by atomic mass is 9.95. The molecule has 7 nitrogen and oxygen atoms in total. The molecule has 3 rings (SSSR count). The molecule has 1 atom stereocenters. The predicted molar refractivity (Wildman–Crippen MR) is 154 cm³/mol. The fourth-order valence-electron chi connectivity index (χ4n) is 4.91. The van der Waals surface area contributed by atoms with E-state index in [1.54, 1.807) is 24.0 Å². The van der Waals surface area contributed by atoms with Crippen molar-refractivity contribution >= 4 is 39.1 Å². The van der Waals surface area contributed by atoms with Gasteiger partial charge in [-0.05, 0) is 74.9 Å². The summed E-state index contributed by atoms with van der Waals surface area (Å²) in [6.45, 7) is 5.99. The molecule has 0 unspecified atom stereocenters. The lowest BCUT2D eigenvalue weighted by Crippen LogP contribution is -2.50. The van der Waals surface area contributed by atoms with Crippen molar-refractivity contribution in [3.05, 3.63) is 64.2 Å². The van der Waals surface area contributed by atoms with Crippen LogP contribution in [-0.4, -0.2) is 50.0 Å². The molecular formula is C29H40ClN3O4S. The van der Waals surface area contributed by atoms with Gasteiger partial charge in [0.05, 0.1) is 11.9 Å². The third-order valence-corrected chi connectivity index (χ3v) is 8.60. The van der Waals surface area contributed by atoms with Gasteiger partial charge in [0.25, 0.3) is 0 Å². The molecule has 0 saturated heterocycles. The SMILES string of the molecule is Cc1ccc(C)c(N(CCCC(=O)N(Cc2ccc(Cl)cc2)[C@@H](C)C(=O)NC2CCCCC2)S(C)(=O)=O)c1. The van der Waals surface area contributed by atoms with Crippen LogP contribution in [0.2, 0.25) is 5.02 Å². The van der Waals surface area contributed by atoms with Crippen LogP contribution in [0.25, 0.3) is 0 Å². The Morgan fingerprint density at radius 3 is 2.34 bits per heavy atom. The molecule has 2 amide bonds. The number of amides is 2.